The van der Waals surface area contributed by atoms with Gasteiger partial charge in [-0.25, -0.2) is 0 Å². The monoisotopic (exact) mass is 343 g/mol. The summed E-state index contributed by atoms with van der Waals surface area (Å²) in [4.78, 5) is 23.2. The van der Waals surface area contributed by atoms with Crippen molar-refractivity contribution in [1.29, 1.82) is 0 Å². The van der Waals surface area contributed by atoms with Crippen molar-refractivity contribution >= 4 is 11.8 Å². The summed E-state index contributed by atoms with van der Waals surface area (Å²) in [5.74, 6) is -1.25. The van der Waals surface area contributed by atoms with Gasteiger partial charge in [0.05, 0.1) is 5.69 Å². The Hall–Kier alpha value is -1.44. The minimum Gasteiger partial charge on any atom is -0.550 e. The van der Waals surface area contributed by atoms with Crippen LogP contribution in [0.3, 0.4) is 0 Å². The number of nitrogens with zero attached hydrogens (tertiary/aromatic N) is 1. The second-order valence-electron chi connectivity index (χ2n) is 5.10. The van der Waals surface area contributed by atoms with E-state index in [0.717, 1.165) is 18.4 Å². The summed E-state index contributed by atoms with van der Waals surface area (Å²) in [7, 11) is 1.70. The minimum absolute atomic E-state index is 0. The summed E-state index contributed by atoms with van der Waals surface area (Å²) in [6, 6.07) is 10.9. The number of ketones is 1. The first-order valence-electron chi connectivity index (χ1n) is 7.01. The number of hydrogen-bond donors (Lipinski definition) is 0. The number of carboxylic acids is 1. The van der Waals surface area contributed by atoms with Crippen molar-refractivity contribution in [2.75, 3.05) is 0 Å². The molecule has 0 fully saturated rings. The Bertz CT molecular complexity index is 681. The molecular weight excluding hydrogens is 321 g/mol. The van der Waals surface area contributed by atoms with Gasteiger partial charge in [0.25, 0.3) is 0 Å². The molecule has 6 nitrogen and oxygen atoms in total. The maximum Gasteiger partial charge on any atom is 1.00 e. The van der Waals surface area contributed by atoms with Gasteiger partial charge in [-0.2, -0.15) is 0 Å². The molecule has 1 heterocycles. The molecule has 0 spiro atoms. The molecule has 1 aromatic carbocycles. The number of benzene rings is 1. The maximum absolute atomic E-state index is 12.5. The maximum atomic E-state index is 12.5. The first kappa shape index (κ1) is 24.8. The Morgan fingerprint density at radius 3 is 2.38 bits per heavy atom. The van der Waals surface area contributed by atoms with Crippen LogP contribution in [0.25, 0.3) is 0 Å². The van der Waals surface area contributed by atoms with E-state index in [2.05, 4.69) is 6.92 Å². The third-order valence-corrected chi connectivity index (χ3v) is 3.51. The molecule has 4 N–H and O–H groups in total. The molecule has 0 amide bonds. The van der Waals surface area contributed by atoms with Crippen molar-refractivity contribution in [3.05, 3.63) is 58.9 Å². The molecule has 0 unspecified atom stereocenters. The van der Waals surface area contributed by atoms with Crippen molar-refractivity contribution in [2.45, 2.75) is 26.2 Å². The fourth-order valence-corrected chi connectivity index (χ4v) is 2.41. The number of rotatable bonds is 6. The Morgan fingerprint density at radius 2 is 1.79 bits per heavy atom. The summed E-state index contributed by atoms with van der Waals surface area (Å²) in [6.45, 7) is 2.10. The Morgan fingerprint density at radius 1 is 1.12 bits per heavy atom. The number of carbonyl (C=O) groups excluding carboxylic acids is 2. The van der Waals surface area contributed by atoms with E-state index in [1.807, 2.05) is 18.2 Å². The number of aromatic nitrogens is 1. The van der Waals surface area contributed by atoms with Crippen LogP contribution in [-0.2, 0) is 24.7 Å². The van der Waals surface area contributed by atoms with Gasteiger partial charge in [0.2, 0.25) is 5.78 Å². The van der Waals surface area contributed by atoms with Gasteiger partial charge in [-0.3, -0.25) is 4.79 Å². The zero-order valence-electron chi connectivity index (χ0n) is 14.3. The summed E-state index contributed by atoms with van der Waals surface area (Å²) in [6.07, 6.45) is 1.77. The fourth-order valence-electron chi connectivity index (χ4n) is 2.41. The van der Waals surface area contributed by atoms with Crippen molar-refractivity contribution in [3.8, 4) is 0 Å². The van der Waals surface area contributed by atoms with Crippen LogP contribution in [0, 0.1) is 0 Å². The Labute approximate surface area is 163 Å². The molecular formula is C17H22NNaO5. The third kappa shape index (κ3) is 5.89. The van der Waals surface area contributed by atoms with Crippen molar-refractivity contribution < 1.29 is 55.2 Å². The molecule has 2 rings (SSSR count). The van der Waals surface area contributed by atoms with E-state index in [1.165, 1.54) is 0 Å². The molecule has 1 aromatic heterocycles. The van der Waals surface area contributed by atoms with Gasteiger partial charge in [-0.15, -0.1) is 0 Å². The van der Waals surface area contributed by atoms with E-state index in [-0.39, 0.29) is 52.7 Å². The summed E-state index contributed by atoms with van der Waals surface area (Å²) in [5, 5.41) is 10.7. The van der Waals surface area contributed by atoms with Gasteiger partial charge < -0.3 is 25.4 Å². The number of carbonyl (C=O) groups is 2. The van der Waals surface area contributed by atoms with Gasteiger partial charge in [0, 0.05) is 30.7 Å². The van der Waals surface area contributed by atoms with Gasteiger partial charge >= 0.3 is 29.6 Å². The van der Waals surface area contributed by atoms with Crippen LogP contribution in [0.2, 0.25) is 0 Å². The van der Waals surface area contributed by atoms with E-state index in [4.69, 9.17) is 0 Å². The largest absolute Gasteiger partial charge is 1.00 e. The number of carboxylic acid groups (broad SMARTS) is 1. The third-order valence-electron chi connectivity index (χ3n) is 3.51. The van der Waals surface area contributed by atoms with Crippen molar-refractivity contribution in [1.82, 2.24) is 4.57 Å². The standard InChI is InChI=1S/C17H19NO3.Na.2H2O/c1-3-5-12-6-4-7-13(10-12)17(21)15-9-8-14(18(15)2)11-16(19)20;;;/h4,6-10H,3,5,11H2,1-2H3,(H,19,20);;2*1H2/q;+1;;/p-1. The molecule has 7 heteroatoms. The second kappa shape index (κ2) is 11.2. The molecule has 0 aliphatic heterocycles. The molecule has 0 bridgehead atoms. The normalized spacial score (nSPS) is 9.25. The van der Waals surface area contributed by atoms with Crippen molar-refractivity contribution in [2.24, 2.45) is 7.05 Å². The van der Waals surface area contributed by atoms with E-state index in [1.54, 1.807) is 29.8 Å². The molecule has 2 aromatic rings. The zero-order chi connectivity index (χ0) is 15.4. The van der Waals surface area contributed by atoms with Crippen molar-refractivity contribution in [3.63, 3.8) is 0 Å². The number of aliphatic carboxylic acids is 1. The zero-order valence-corrected chi connectivity index (χ0v) is 16.3. The molecule has 0 aliphatic carbocycles. The second-order valence-corrected chi connectivity index (χ2v) is 5.10. The van der Waals surface area contributed by atoms with Crippen LogP contribution in [0.5, 0.6) is 0 Å². The molecule has 0 aliphatic rings. The molecule has 126 valence electrons. The smallest absolute Gasteiger partial charge is 0.550 e. The average molecular weight is 343 g/mol. The number of hydrogen-bond acceptors (Lipinski definition) is 3. The Kier molecular flexibility index (Phi) is 11.5. The Balaban J connectivity index is 0. The molecule has 0 atom stereocenters. The van der Waals surface area contributed by atoms with E-state index >= 15 is 0 Å². The van der Waals surface area contributed by atoms with E-state index in [0.29, 0.717) is 17.0 Å². The first-order valence-corrected chi connectivity index (χ1v) is 7.01. The van der Waals surface area contributed by atoms with E-state index < -0.39 is 5.97 Å². The topological polar surface area (TPSA) is 125 Å². The van der Waals surface area contributed by atoms with Crippen LogP contribution in [-0.4, -0.2) is 27.3 Å². The van der Waals surface area contributed by atoms with Crippen LogP contribution in [0.15, 0.2) is 36.4 Å². The van der Waals surface area contributed by atoms with Crippen LogP contribution in [0.4, 0.5) is 0 Å². The molecule has 0 saturated carbocycles. The minimum atomic E-state index is -1.15. The van der Waals surface area contributed by atoms with Gasteiger partial charge in [-0.1, -0.05) is 31.5 Å². The first-order chi connectivity index (χ1) is 10.0. The summed E-state index contributed by atoms with van der Waals surface area (Å²) in [5.41, 5.74) is 2.80. The van der Waals surface area contributed by atoms with Crippen LogP contribution < -0.4 is 34.7 Å². The summed E-state index contributed by atoms with van der Waals surface area (Å²) < 4.78 is 1.62. The quantitative estimate of drug-likeness (QED) is 0.406. The predicted molar refractivity (Wildman–Crippen MR) is 85.2 cm³/mol. The van der Waals surface area contributed by atoms with Gasteiger partial charge in [-0.05, 0) is 30.2 Å². The SMILES string of the molecule is CCCc1cccc(C(=O)c2ccc(CC(=O)[O-])n2C)c1.O.O.[Na+]. The fraction of sp³-hybridized carbons (Fsp3) is 0.294. The summed E-state index contributed by atoms with van der Waals surface area (Å²) >= 11 is 0. The average Bonchev–Trinajstić information content (AvgIpc) is 2.79. The molecule has 0 saturated heterocycles. The molecule has 24 heavy (non-hydrogen) atoms. The predicted octanol–water partition coefficient (Wildman–Crippen LogP) is -3.14. The van der Waals surface area contributed by atoms with Crippen LogP contribution in [0.1, 0.15) is 40.7 Å². The molecule has 0 radical (unpaired) electrons. The number of aryl methyl sites for hydroxylation is 1. The van der Waals surface area contributed by atoms with Gasteiger partial charge in [0.15, 0.2) is 0 Å². The van der Waals surface area contributed by atoms with Gasteiger partial charge in [0.1, 0.15) is 0 Å². The van der Waals surface area contributed by atoms with E-state index in [9.17, 15) is 14.7 Å². The van der Waals surface area contributed by atoms with Crippen LogP contribution >= 0.6 is 0 Å².